The first-order valence-electron chi connectivity index (χ1n) is 4.58. The Morgan fingerprint density at radius 2 is 2.12 bits per heavy atom. The standard InChI is InChI=1S/C8H11F3N2O3/c9-8(10,11)5-15-4-6-12-7(16-13-6)2-1-3-14/h14H,1-5H2. The van der Waals surface area contributed by atoms with Crippen molar-refractivity contribution in [3.8, 4) is 0 Å². The average Bonchev–Trinajstić information content (AvgIpc) is 2.61. The van der Waals surface area contributed by atoms with Gasteiger partial charge in [-0.3, -0.25) is 0 Å². The van der Waals surface area contributed by atoms with Crippen LogP contribution in [0.1, 0.15) is 18.1 Å². The second-order valence-electron chi connectivity index (χ2n) is 3.04. The van der Waals surface area contributed by atoms with Gasteiger partial charge in [-0.15, -0.1) is 0 Å². The van der Waals surface area contributed by atoms with Crippen LogP contribution >= 0.6 is 0 Å². The lowest BCUT2D eigenvalue weighted by Gasteiger charge is -2.04. The maximum Gasteiger partial charge on any atom is 0.411 e. The molecule has 5 nitrogen and oxygen atoms in total. The number of halogens is 3. The van der Waals surface area contributed by atoms with E-state index in [0.29, 0.717) is 12.8 Å². The Kier molecular flexibility index (Phi) is 4.69. The molecule has 0 aliphatic rings. The highest BCUT2D eigenvalue weighted by Gasteiger charge is 2.27. The first-order chi connectivity index (χ1) is 7.51. The average molecular weight is 240 g/mol. The summed E-state index contributed by atoms with van der Waals surface area (Å²) in [6.45, 7) is -1.70. The van der Waals surface area contributed by atoms with E-state index in [4.69, 9.17) is 9.63 Å². The summed E-state index contributed by atoms with van der Waals surface area (Å²) < 4.78 is 44.2. The van der Waals surface area contributed by atoms with E-state index in [0.717, 1.165) is 0 Å². The second kappa shape index (κ2) is 5.80. The van der Waals surface area contributed by atoms with E-state index in [9.17, 15) is 13.2 Å². The number of aliphatic hydroxyl groups excluding tert-OH is 1. The van der Waals surface area contributed by atoms with Crippen LogP contribution in [0.5, 0.6) is 0 Å². The van der Waals surface area contributed by atoms with Gasteiger partial charge in [0.2, 0.25) is 5.89 Å². The molecule has 0 saturated carbocycles. The summed E-state index contributed by atoms with van der Waals surface area (Å²) in [6.07, 6.45) is -3.50. The molecule has 0 radical (unpaired) electrons. The molecule has 0 saturated heterocycles. The molecule has 0 aliphatic heterocycles. The summed E-state index contributed by atoms with van der Waals surface area (Å²) in [6, 6.07) is 0. The Morgan fingerprint density at radius 1 is 1.38 bits per heavy atom. The molecule has 0 unspecified atom stereocenters. The highest BCUT2D eigenvalue weighted by atomic mass is 19.4. The van der Waals surface area contributed by atoms with Gasteiger partial charge in [0.25, 0.3) is 0 Å². The van der Waals surface area contributed by atoms with Crippen molar-refractivity contribution in [1.82, 2.24) is 10.1 Å². The number of aromatic nitrogens is 2. The number of hydrogen-bond acceptors (Lipinski definition) is 5. The molecule has 1 aromatic rings. The SMILES string of the molecule is OCCCc1nc(COCC(F)(F)F)no1. The van der Waals surface area contributed by atoms with Gasteiger partial charge in [-0.2, -0.15) is 18.2 Å². The molecule has 1 heterocycles. The van der Waals surface area contributed by atoms with Gasteiger partial charge in [0, 0.05) is 13.0 Å². The van der Waals surface area contributed by atoms with E-state index in [-0.39, 0.29) is 24.9 Å². The Bertz CT molecular complexity index is 314. The molecule has 8 heteroatoms. The number of ether oxygens (including phenoxy) is 1. The molecule has 0 bridgehead atoms. The van der Waals surface area contributed by atoms with Crippen molar-refractivity contribution in [1.29, 1.82) is 0 Å². The minimum Gasteiger partial charge on any atom is -0.396 e. The van der Waals surface area contributed by atoms with E-state index >= 15 is 0 Å². The van der Waals surface area contributed by atoms with Crippen LogP contribution in [0.2, 0.25) is 0 Å². The highest BCUT2D eigenvalue weighted by molar-refractivity contribution is 4.84. The van der Waals surface area contributed by atoms with E-state index in [1.165, 1.54) is 0 Å². The number of alkyl halides is 3. The third kappa shape index (κ3) is 5.08. The van der Waals surface area contributed by atoms with E-state index in [1.54, 1.807) is 0 Å². The second-order valence-corrected chi connectivity index (χ2v) is 3.04. The van der Waals surface area contributed by atoms with Gasteiger partial charge in [0.15, 0.2) is 5.82 Å². The van der Waals surface area contributed by atoms with Crippen LogP contribution in [0.15, 0.2) is 4.52 Å². The summed E-state index contributed by atoms with van der Waals surface area (Å²) in [5.41, 5.74) is 0. The number of aliphatic hydroxyl groups is 1. The van der Waals surface area contributed by atoms with Gasteiger partial charge in [-0.05, 0) is 6.42 Å². The van der Waals surface area contributed by atoms with Crippen LogP contribution in [0, 0.1) is 0 Å². The van der Waals surface area contributed by atoms with Gasteiger partial charge in [0.05, 0.1) is 0 Å². The molecule has 1 rings (SSSR count). The lowest BCUT2D eigenvalue weighted by atomic mass is 10.3. The lowest BCUT2D eigenvalue weighted by Crippen LogP contribution is -2.16. The van der Waals surface area contributed by atoms with Crippen molar-refractivity contribution >= 4 is 0 Å². The molecule has 0 spiro atoms. The van der Waals surface area contributed by atoms with Crippen LogP contribution in [-0.4, -0.2) is 34.6 Å². The summed E-state index contributed by atoms with van der Waals surface area (Å²) in [7, 11) is 0. The van der Waals surface area contributed by atoms with Crippen molar-refractivity contribution in [2.45, 2.75) is 25.6 Å². The van der Waals surface area contributed by atoms with Gasteiger partial charge in [-0.25, -0.2) is 0 Å². The fourth-order valence-corrected chi connectivity index (χ4v) is 0.939. The third-order valence-electron chi connectivity index (χ3n) is 1.56. The summed E-state index contributed by atoms with van der Waals surface area (Å²) in [5, 5.41) is 12.0. The first-order valence-corrected chi connectivity index (χ1v) is 4.58. The quantitative estimate of drug-likeness (QED) is 0.805. The van der Waals surface area contributed by atoms with Gasteiger partial charge < -0.3 is 14.4 Å². The van der Waals surface area contributed by atoms with Crippen LogP contribution in [0.3, 0.4) is 0 Å². The van der Waals surface area contributed by atoms with Crippen LogP contribution in [-0.2, 0) is 17.8 Å². The molecule has 0 fully saturated rings. The number of hydrogen-bond donors (Lipinski definition) is 1. The fourth-order valence-electron chi connectivity index (χ4n) is 0.939. The number of aryl methyl sites for hydroxylation is 1. The van der Waals surface area contributed by atoms with Crippen molar-refractivity contribution in [3.63, 3.8) is 0 Å². The molecule has 0 amide bonds. The molecular formula is C8H11F3N2O3. The zero-order valence-electron chi connectivity index (χ0n) is 8.33. The van der Waals surface area contributed by atoms with E-state index in [2.05, 4.69) is 14.9 Å². The number of rotatable bonds is 6. The van der Waals surface area contributed by atoms with Gasteiger partial charge in [-0.1, -0.05) is 5.16 Å². The Labute approximate surface area is 89.2 Å². The largest absolute Gasteiger partial charge is 0.411 e. The number of nitrogens with zero attached hydrogens (tertiary/aromatic N) is 2. The Balaban J connectivity index is 2.29. The van der Waals surface area contributed by atoms with Crippen molar-refractivity contribution in [2.75, 3.05) is 13.2 Å². The van der Waals surface area contributed by atoms with Crippen molar-refractivity contribution in [2.24, 2.45) is 0 Å². The smallest absolute Gasteiger partial charge is 0.396 e. The van der Waals surface area contributed by atoms with Crippen LogP contribution in [0.25, 0.3) is 0 Å². The minimum absolute atomic E-state index is 0.0116. The predicted octanol–water partition coefficient (Wildman–Crippen LogP) is 1.07. The molecule has 0 atom stereocenters. The van der Waals surface area contributed by atoms with Crippen LogP contribution < -0.4 is 0 Å². The Morgan fingerprint density at radius 3 is 2.75 bits per heavy atom. The normalized spacial score (nSPS) is 12.0. The van der Waals surface area contributed by atoms with Crippen molar-refractivity contribution < 1.29 is 27.5 Å². The third-order valence-corrected chi connectivity index (χ3v) is 1.56. The molecule has 1 aromatic heterocycles. The maximum absolute atomic E-state index is 11.7. The summed E-state index contributed by atoms with van der Waals surface area (Å²) in [4.78, 5) is 3.79. The first kappa shape index (κ1) is 12.9. The zero-order chi connectivity index (χ0) is 12.0. The molecule has 1 N–H and O–H groups in total. The summed E-state index contributed by atoms with van der Waals surface area (Å²) >= 11 is 0. The van der Waals surface area contributed by atoms with Crippen molar-refractivity contribution in [3.05, 3.63) is 11.7 Å². The Hall–Kier alpha value is -1.15. The topological polar surface area (TPSA) is 68.4 Å². The van der Waals surface area contributed by atoms with E-state index < -0.39 is 12.8 Å². The summed E-state index contributed by atoms with van der Waals surface area (Å²) in [5.74, 6) is 0.344. The molecule has 0 aliphatic carbocycles. The van der Waals surface area contributed by atoms with Gasteiger partial charge >= 0.3 is 6.18 Å². The minimum atomic E-state index is -4.36. The maximum atomic E-state index is 11.7. The zero-order valence-corrected chi connectivity index (χ0v) is 8.33. The highest BCUT2D eigenvalue weighted by Crippen LogP contribution is 2.15. The molecule has 92 valence electrons. The van der Waals surface area contributed by atoms with Crippen LogP contribution in [0.4, 0.5) is 13.2 Å². The lowest BCUT2D eigenvalue weighted by molar-refractivity contribution is -0.177. The fraction of sp³-hybridized carbons (Fsp3) is 0.750. The monoisotopic (exact) mass is 240 g/mol. The molecule has 16 heavy (non-hydrogen) atoms. The van der Waals surface area contributed by atoms with Gasteiger partial charge in [0.1, 0.15) is 13.2 Å². The molecule has 0 aromatic carbocycles. The van der Waals surface area contributed by atoms with E-state index in [1.807, 2.05) is 0 Å². The molecular weight excluding hydrogens is 229 g/mol. The predicted molar refractivity (Wildman–Crippen MR) is 45.4 cm³/mol.